The molecule has 146 valence electrons. The quantitative estimate of drug-likeness (QED) is 0.416. The maximum Gasteiger partial charge on any atom is 0.257 e. The van der Waals surface area contributed by atoms with Gasteiger partial charge in [0.25, 0.3) is 5.82 Å². The first-order chi connectivity index (χ1) is 13.1. The summed E-state index contributed by atoms with van der Waals surface area (Å²) >= 11 is 12.3. The molecule has 0 atom stereocenters. The second-order valence-electron chi connectivity index (χ2n) is 6.94. The van der Waals surface area contributed by atoms with Crippen molar-refractivity contribution in [3.63, 3.8) is 0 Å². The first-order valence-electron chi connectivity index (χ1n) is 9.29. The number of nitrogens with zero attached hydrogens (tertiary/aromatic N) is 2. The molecule has 4 rings (SSSR count). The summed E-state index contributed by atoms with van der Waals surface area (Å²) in [6.45, 7) is 1.30. The number of benzene rings is 2. The van der Waals surface area contributed by atoms with Crippen molar-refractivity contribution in [2.75, 3.05) is 0 Å². The third-order valence-electron chi connectivity index (χ3n) is 5.12. The molecular weight excluding hydrogens is 459 g/mol. The van der Waals surface area contributed by atoms with E-state index in [1.807, 2.05) is 48.5 Å². The number of fused-ring (bicyclic) bond motifs is 1. The fraction of sp³-hybridized carbons (Fsp3) is 0.273. The van der Waals surface area contributed by atoms with E-state index in [1.165, 1.54) is 12.2 Å². The third kappa shape index (κ3) is 4.35. The van der Waals surface area contributed by atoms with E-state index in [9.17, 15) is 4.79 Å². The summed E-state index contributed by atoms with van der Waals surface area (Å²) in [5.74, 6) is 1.33. The van der Waals surface area contributed by atoms with Crippen LogP contribution in [0.1, 0.15) is 35.4 Å². The Kier molecular flexibility index (Phi) is 6.97. The largest absolute Gasteiger partial charge is 1.00 e. The molecule has 1 aromatic heterocycles. The van der Waals surface area contributed by atoms with E-state index < -0.39 is 0 Å². The highest BCUT2D eigenvalue weighted by atomic mass is 79.9. The second kappa shape index (κ2) is 9.25. The zero-order chi connectivity index (χ0) is 18.8. The number of hydrogen-bond donors (Lipinski definition) is 0. The maximum absolute atomic E-state index is 12.8. The Morgan fingerprint density at radius 1 is 1.00 bits per heavy atom. The van der Waals surface area contributed by atoms with Gasteiger partial charge in [-0.25, -0.2) is 9.13 Å². The molecule has 0 amide bonds. The fourth-order valence-electron chi connectivity index (χ4n) is 3.74. The van der Waals surface area contributed by atoms with Crippen LogP contribution >= 0.6 is 23.2 Å². The van der Waals surface area contributed by atoms with Gasteiger partial charge in [-0.1, -0.05) is 53.5 Å². The maximum atomic E-state index is 12.8. The second-order valence-corrected chi connectivity index (χ2v) is 7.75. The van der Waals surface area contributed by atoms with Crippen molar-refractivity contribution in [2.45, 2.75) is 38.8 Å². The van der Waals surface area contributed by atoms with Crippen LogP contribution in [-0.2, 0) is 19.5 Å². The van der Waals surface area contributed by atoms with Crippen molar-refractivity contribution >= 4 is 29.0 Å². The predicted molar refractivity (Wildman–Crippen MR) is 108 cm³/mol. The molecule has 0 radical (unpaired) electrons. The highest BCUT2D eigenvalue weighted by molar-refractivity contribution is 6.42. The monoisotopic (exact) mass is 478 g/mol. The van der Waals surface area contributed by atoms with Crippen molar-refractivity contribution in [1.29, 1.82) is 0 Å². The summed E-state index contributed by atoms with van der Waals surface area (Å²) in [6, 6.07) is 15.2. The molecule has 0 fully saturated rings. The number of aromatic nitrogens is 2. The molecule has 0 saturated heterocycles. The summed E-state index contributed by atoms with van der Waals surface area (Å²) in [5, 5.41) is 1.10. The number of rotatable bonds is 4. The normalized spacial score (nSPS) is 13.4. The van der Waals surface area contributed by atoms with Crippen molar-refractivity contribution in [3.05, 3.63) is 76.2 Å². The molecule has 3 aromatic rings. The molecule has 0 N–H and O–H groups in total. The van der Waals surface area contributed by atoms with Crippen molar-refractivity contribution in [3.8, 4) is 11.3 Å². The molecule has 0 saturated carbocycles. The van der Waals surface area contributed by atoms with E-state index in [1.54, 1.807) is 0 Å². The van der Waals surface area contributed by atoms with Gasteiger partial charge in [-0.15, -0.1) is 0 Å². The van der Waals surface area contributed by atoms with Crippen LogP contribution in [0.25, 0.3) is 11.3 Å². The Morgan fingerprint density at radius 2 is 1.79 bits per heavy atom. The Balaban J connectivity index is 0.00000225. The molecule has 1 aliphatic heterocycles. The molecule has 2 aromatic carbocycles. The van der Waals surface area contributed by atoms with Gasteiger partial charge in [-0.05, 0) is 37.5 Å². The van der Waals surface area contributed by atoms with Gasteiger partial charge in [-0.2, -0.15) is 0 Å². The van der Waals surface area contributed by atoms with Crippen LogP contribution in [0.5, 0.6) is 0 Å². The minimum absolute atomic E-state index is 0. The van der Waals surface area contributed by atoms with Crippen LogP contribution in [0, 0.1) is 0 Å². The number of halogens is 3. The molecule has 3 nitrogen and oxygen atoms in total. The number of carbonyl (C=O) groups excluding carboxylic acids is 1. The van der Waals surface area contributed by atoms with Crippen LogP contribution in [-0.4, -0.2) is 10.4 Å². The molecule has 2 heterocycles. The van der Waals surface area contributed by atoms with Gasteiger partial charge >= 0.3 is 0 Å². The minimum atomic E-state index is 0. The fourth-order valence-corrected chi connectivity index (χ4v) is 4.03. The molecule has 0 spiro atoms. The molecule has 6 heteroatoms. The Labute approximate surface area is 185 Å². The number of hydrogen-bond acceptors (Lipinski definition) is 1. The smallest absolute Gasteiger partial charge is 0.257 e. The Bertz CT molecular complexity index is 986. The van der Waals surface area contributed by atoms with Gasteiger partial charge < -0.3 is 17.0 Å². The average Bonchev–Trinajstić information content (AvgIpc) is 2.86. The van der Waals surface area contributed by atoms with E-state index in [0.717, 1.165) is 42.6 Å². The number of Topliss-reactive ketones (excluding diaryl/α,β-unsaturated/α-hetero) is 1. The first kappa shape index (κ1) is 21.1. The third-order valence-corrected chi connectivity index (χ3v) is 5.86. The molecule has 1 aliphatic rings. The van der Waals surface area contributed by atoms with Crippen LogP contribution in [0.15, 0.2) is 54.7 Å². The van der Waals surface area contributed by atoms with E-state index in [2.05, 4.69) is 15.3 Å². The van der Waals surface area contributed by atoms with Gasteiger partial charge in [0.2, 0.25) is 5.78 Å². The van der Waals surface area contributed by atoms with Crippen LogP contribution in [0.3, 0.4) is 0 Å². The van der Waals surface area contributed by atoms with Crippen LogP contribution in [0.4, 0.5) is 0 Å². The molecule has 28 heavy (non-hydrogen) atoms. The Morgan fingerprint density at radius 3 is 2.54 bits per heavy atom. The zero-order valence-corrected chi connectivity index (χ0v) is 18.5. The minimum Gasteiger partial charge on any atom is -1.00 e. The van der Waals surface area contributed by atoms with Crippen molar-refractivity contribution in [2.24, 2.45) is 0 Å². The standard InChI is InChI=1S/C22H21Cl2N2O.BrH/c23-18-11-10-17(13-19(18)24)20-14-25(22-9-5-2-6-12-26(20)22)15-21(27)16-7-3-1-4-8-16;/h1,3-4,7-8,10-11,13-14H,2,5-6,9,12,15H2;1H/q+1;/p-1. The summed E-state index contributed by atoms with van der Waals surface area (Å²) in [5.41, 5.74) is 2.86. The highest BCUT2D eigenvalue weighted by Crippen LogP contribution is 2.30. The highest BCUT2D eigenvalue weighted by Gasteiger charge is 2.27. The van der Waals surface area contributed by atoms with Crippen LogP contribution in [0.2, 0.25) is 10.0 Å². The zero-order valence-electron chi connectivity index (χ0n) is 15.4. The lowest BCUT2D eigenvalue weighted by Gasteiger charge is -2.04. The van der Waals surface area contributed by atoms with Crippen molar-refractivity contribution < 1.29 is 26.3 Å². The predicted octanol–water partition coefficient (Wildman–Crippen LogP) is 2.36. The SMILES string of the molecule is O=C(C[n+]1cc(-c2ccc(Cl)c(Cl)c2)n2c1CCCCC2)c1ccccc1.[Br-]. The summed E-state index contributed by atoms with van der Waals surface area (Å²) in [4.78, 5) is 12.8. The lowest BCUT2D eigenvalue weighted by molar-refractivity contribution is -0.690. The van der Waals surface area contributed by atoms with Gasteiger partial charge in [0.1, 0.15) is 6.20 Å². The van der Waals surface area contributed by atoms with Crippen LogP contribution < -0.4 is 21.5 Å². The molecule has 0 unspecified atom stereocenters. The van der Waals surface area contributed by atoms with E-state index in [0.29, 0.717) is 16.6 Å². The van der Waals surface area contributed by atoms with Gasteiger partial charge in [0.15, 0.2) is 12.2 Å². The summed E-state index contributed by atoms with van der Waals surface area (Å²) in [7, 11) is 0. The number of carbonyl (C=O) groups is 1. The molecule has 0 aliphatic carbocycles. The van der Waals surface area contributed by atoms with E-state index >= 15 is 0 Å². The first-order valence-corrected chi connectivity index (χ1v) is 10.0. The van der Waals surface area contributed by atoms with Gasteiger partial charge in [0.05, 0.1) is 16.6 Å². The number of ketones is 1. The summed E-state index contributed by atoms with van der Waals surface area (Å²) < 4.78 is 4.45. The van der Waals surface area contributed by atoms with E-state index in [4.69, 9.17) is 23.2 Å². The van der Waals surface area contributed by atoms with Crippen molar-refractivity contribution in [1.82, 2.24) is 4.57 Å². The summed E-state index contributed by atoms with van der Waals surface area (Å²) in [6.07, 6.45) is 6.55. The topological polar surface area (TPSA) is 25.9 Å². The number of imidazole rings is 1. The average molecular weight is 480 g/mol. The lowest BCUT2D eigenvalue weighted by atomic mass is 10.1. The molecular formula is C22H21BrCl2N2O. The molecule has 0 bridgehead atoms. The van der Waals surface area contributed by atoms with Gasteiger partial charge in [-0.3, -0.25) is 4.79 Å². The van der Waals surface area contributed by atoms with Gasteiger partial charge in [0, 0.05) is 17.5 Å². The Hall–Kier alpha value is -1.62. The lowest BCUT2D eigenvalue weighted by Crippen LogP contribution is -3.00. The van der Waals surface area contributed by atoms with E-state index in [-0.39, 0.29) is 22.8 Å².